The highest BCUT2D eigenvalue weighted by molar-refractivity contribution is 5.82. The zero-order valence-electron chi connectivity index (χ0n) is 17.1. The van der Waals surface area contributed by atoms with E-state index in [1.807, 2.05) is 60.3 Å². The Labute approximate surface area is 178 Å². The molecule has 0 aliphatic rings. The molecule has 2 aromatic carbocycles. The second-order valence-corrected chi connectivity index (χ2v) is 7.63. The lowest BCUT2D eigenvalue weighted by Crippen LogP contribution is -2.18. The first-order valence-corrected chi connectivity index (χ1v) is 10.1. The zero-order valence-corrected chi connectivity index (χ0v) is 17.1. The molecular weight excluding hydrogens is 392 g/mol. The van der Waals surface area contributed by atoms with Gasteiger partial charge in [0.2, 0.25) is 0 Å². The van der Waals surface area contributed by atoms with Crippen molar-refractivity contribution in [1.29, 1.82) is 0 Å². The second-order valence-electron chi connectivity index (χ2n) is 7.63. The van der Waals surface area contributed by atoms with Crippen molar-refractivity contribution in [1.82, 2.24) is 29.9 Å². The van der Waals surface area contributed by atoms with Gasteiger partial charge in [0, 0.05) is 23.7 Å². The average Bonchev–Trinajstić information content (AvgIpc) is 3.47. The Kier molecular flexibility index (Phi) is 4.97. The minimum absolute atomic E-state index is 0.304. The van der Waals surface area contributed by atoms with Crippen molar-refractivity contribution >= 4 is 11.0 Å². The van der Waals surface area contributed by atoms with Gasteiger partial charge >= 0.3 is 5.69 Å². The Morgan fingerprint density at radius 1 is 1.06 bits per heavy atom. The van der Waals surface area contributed by atoms with Crippen LogP contribution in [0.1, 0.15) is 17.0 Å². The summed E-state index contributed by atoms with van der Waals surface area (Å²) in [5.74, 6) is 1.33. The van der Waals surface area contributed by atoms with Crippen LogP contribution in [0, 0.1) is 0 Å². The van der Waals surface area contributed by atoms with Gasteiger partial charge < -0.3 is 4.42 Å². The van der Waals surface area contributed by atoms with Crippen LogP contribution in [0.3, 0.4) is 0 Å². The fourth-order valence-corrected chi connectivity index (χ4v) is 3.72. The third-order valence-corrected chi connectivity index (χ3v) is 5.09. The molecule has 8 heteroatoms. The number of aromatic nitrogens is 5. The molecule has 8 nitrogen and oxygen atoms in total. The number of benzene rings is 2. The maximum atomic E-state index is 11.3. The molecule has 3 heterocycles. The Balaban J connectivity index is 1.47. The number of nitrogens with zero attached hydrogens (tertiary/aromatic N) is 4. The molecule has 0 amide bonds. The maximum absolute atomic E-state index is 11.3. The van der Waals surface area contributed by atoms with Gasteiger partial charge in [0.1, 0.15) is 17.1 Å². The molecule has 0 fully saturated rings. The number of fused-ring (bicyclic) bond motifs is 1. The molecule has 2 N–H and O–H groups in total. The van der Waals surface area contributed by atoms with Crippen LogP contribution in [0.15, 0.2) is 76.1 Å². The van der Waals surface area contributed by atoms with Crippen LogP contribution < -0.4 is 5.69 Å². The van der Waals surface area contributed by atoms with Crippen molar-refractivity contribution < 1.29 is 4.42 Å². The molecule has 0 aliphatic carbocycles. The molecule has 0 radical (unpaired) electrons. The Morgan fingerprint density at radius 3 is 2.65 bits per heavy atom. The SMILES string of the molecule is CN(Cc1n[nH]c(=O)[nH]1)Cc1cn(Cc2ccccc2)nc1-c1cc2ccccc2o1. The van der Waals surface area contributed by atoms with E-state index >= 15 is 0 Å². The minimum atomic E-state index is -0.304. The summed E-state index contributed by atoms with van der Waals surface area (Å²) < 4.78 is 8.04. The van der Waals surface area contributed by atoms with E-state index in [0.717, 1.165) is 28.0 Å². The number of hydrogen-bond donors (Lipinski definition) is 2. The van der Waals surface area contributed by atoms with E-state index in [1.54, 1.807) is 0 Å². The Morgan fingerprint density at radius 2 is 1.87 bits per heavy atom. The fraction of sp³-hybridized carbons (Fsp3) is 0.174. The predicted octanol–water partition coefficient (Wildman–Crippen LogP) is 3.39. The van der Waals surface area contributed by atoms with E-state index in [1.165, 1.54) is 5.56 Å². The van der Waals surface area contributed by atoms with E-state index in [9.17, 15) is 4.79 Å². The van der Waals surface area contributed by atoms with Crippen LogP contribution >= 0.6 is 0 Å². The van der Waals surface area contributed by atoms with Crippen LogP contribution in [0.5, 0.6) is 0 Å². The van der Waals surface area contributed by atoms with Crippen LogP contribution in [0.4, 0.5) is 0 Å². The first-order chi connectivity index (χ1) is 15.1. The summed E-state index contributed by atoms with van der Waals surface area (Å²) in [7, 11) is 1.98. The van der Waals surface area contributed by atoms with Gasteiger partial charge in [-0.3, -0.25) is 14.6 Å². The molecular formula is C23H22N6O2. The monoisotopic (exact) mass is 414 g/mol. The first kappa shape index (κ1) is 19.1. The van der Waals surface area contributed by atoms with E-state index in [-0.39, 0.29) is 5.69 Å². The Bertz CT molecular complexity index is 1330. The van der Waals surface area contributed by atoms with Crippen molar-refractivity contribution in [3.63, 3.8) is 0 Å². The summed E-state index contributed by atoms with van der Waals surface area (Å²) in [5, 5.41) is 12.3. The highest BCUT2D eigenvalue weighted by atomic mass is 16.3. The molecule has 0 atom stereocenters. The molecule has 156 valence electrons. The van der Waals surface area contributed by atoms with Gasteiger partial charge in [-0.15, -0.1) is 0 Å². The highest BCUT2D eigenvalue weighted by Crippen LogP contribution is 2.30. The largest absolute Gasteiger partial charge is 0.454 e. The maximum Gasteiger partial charge on any atom is 0.340 e. The van der Waals surface area contributed by atoms with Crippen LogP contribution in [0.2, 0.25) is 0 Å². The fourth-order valence-electron chi connectivity index (χ4n) is 3.72. The van der Waals surface area contributed by atoms with Gasteiger partial charge in [0.25, 0.3) is 0 Å². The number of H-pyrrole nitrogens is 2. The lowest BCUT2D eigenvalue weighted by atomic mass is 10.2. The summed E-state index contributed by atoms with van der Waals surface area (Å²) in [6, 6.07) is 20.2. The topological polar surface area (TPSA) is 95.7 Å². The molecule has 5 aromatic rings. The lowest BCUT2D eigenvalue weighted by molar-refractivity contribution is 0.311. The summed E-state index contributed by atoms with van der Waals surface area (Å²) in [5.41, 5.74) is 3.56. The van der Waals surface area contributed by atoms with Crippen molar-refractivity contribution in [2.24, 2.45) is 0 Å². The number of aromatic amines is 2. The van der Waals surface area contributed by atoms with Gasteiger partial charge in [-0.1, -0.05) is 48.5 Å². The normalized spacial score (nSPS) is 11.5. The number of nitrogens with one attached hydrogen (secondary N) is 2. The van der Waals surface area contributed by atoms with Gasteiger partial charge in [0.15, 0.2) is 5.76 Å². The lowest BCUT2D eigenvalue weighted by Gasteiger charge is -2.14. The van der Waals surface area contributed by atoms with E-state index in [0.29, 0.717) is 25.5 Å². The predicted molar refractivity (Wildman–Crippen MR) is 117 cm³/mol. The van der Waals surface area contributed by atoms with Crippen molar-refractivity contribution in [2.45, 2.75) is 19.6 Å². The standard InChI is InChI=1S/C23H22N6O2/c1-28(15-21-24-23(30)26-25-21)13-18-14-29(12-16-7-3-2-4-8-16)27-22(18)20-11-17-9-5-6-10-19(17)31-20/h2-11,14H,12-13,15H2,1H3,(H2,24,25,26,30). The van der Waals surface area contributed by atoms with Crippen molar-refractivity contribution in [2.75, 3.05) is 7.05 Å². The third kappa shape index (κ3) is 4.19. The minimum Gasteiger partial charge on any atom is -0.454 e. The average molecular weight is 414 g/mol. The molecule has 0 bridgehead atoms. The van der Waals surface area contributed by atoms with Gasteiger partial charge in [-0.05, 0) is 24.7 Å². The first-order valence-electron chi connectivity index (χ1n) is 10.1. The van der Waals surface area contributed by atoms with Crippen LogP contribution in [-0.2, 0) is 19.6 Å². The van der Waals surface area contributed by atoms with Gasteiger partial charge in [-0.2, -0.15) is 10.2 Å². The smallest absolute Gasteiger partial charge is 0.340 e. The molecule has 0 aliphatic heterocycles. The van der Waals surface area contributed by atoms with E-state index in [4.69, 9.17) is 9.52 Å². The summed E-state index contributed by atoms with van der Waals surface area (Å²) >= 11 is 0. The van der Waals surface area contributed by atoms with E-state index < -0.39 is 0 Å². The summed E-state index contributed by atoms with van der Waals surface area (Å²) in [6.45, 7) is 1.79. The number of hydrogen-bond acceptors (Lipinski definition) is 5. The van der Waals surface area contributed by atoms with Gasteiger partial charge in [0.05, 0.1) is 13.1 Å². The van der Waals surface area contributed by atoms with Crippen LogP contribution in [0.25, 0.3) is 22.4 Å². The van der Waals surface area contributed by atoms with E-state index in [2.05, 4.69) is 38.4 Å². The summed E-state index contributed by atoms with van der Waals surface area (Å²) in [6.07, 6.45) is 2.05. The second kappa shape index (κ2) is 8.08. The third-order valence-electron chi connectivity index (χ3n) is 5.09. The number of para-hydroxylation sites is 1. The highest BCUT2D eigenvalue weighted by Gasteiger charge is 2.18. The molecule has 0 spiro atoms. The quantitative estimate of drug-likeness (QED) is 0.426. The Hall–Kier alpha value is -3.91. The number of rotatable bonds is 7. The molecule has 0 unspecified atom stereocenters. The molecule has 0 saturated heterocycles. The van der Waals surface area contributed by atoms with Crippen molar-refractivity contribution in [3.8, 4) is 11.5 Å². The molecule has 5 rings (SSSR count). The van der Waals surface area contributed by atoms with Crippen LogP contribution in [-0.4, -0.2) is 36.9 Å². The zero-order chi connectivity index (χ0) is 21.2. The number of furan rings is 1. The summed E-state index contributed by atoms with van der Waals surface area (Å²) in [4.78, 5) is 16.1. The van der Waals surface area contributed by atoms with Crippen molar-refractivity contribution in [3.05, 3.63) is 94.3 Å². The molecule has 0 saturated carbocycles. The molecule has 31 heavy (non-hydrogen) atoms. The molecule has 3 aromatic heterocycles. The van der Waals surface area contributed by atoms with Gasteiger partial charge in [-0.25, -0.2) is 9.89 Å².